The quantitative estimate of drug-likeness (QED) is 0.832. The van der Waals surface area contributed by atoms with Gasteiger partial charge in [0, 0.05) is 0 Å². The molecule has 6 heteroatoms. The molecule has 0 aliphatic heterocycles. The van der Waals surface area contributed by atoms with Crippen LogP contribution in [-0.4, -0.2) is 0 Å². The van der Waals surface area contributed by atoms with E-state index in [9.17, 15) is 13.2 Å². The van der Waals surface area contributed by atoms with Crippen molar-refractivity contribution < 1.29 is 17.9 Å². The molecular weight excluding hydrogens is 305 g/mol. The largest absolute Gasteiger partial charge is 0.486 e. The van der Waals surface area contributed by atoms with E-state index in [1.807, 2.05) is 6.07 Å². The molecule has 0 aliphatic carbocycles. The van der Waals surface area contributed by atoms with Crippen molar-refractivity contribution in [1.82, 2.24) is 0 Å². The average Bonchev–Trinajstić information content (AvgIpc) is 2.54. The van der Waals surface area contributed by atoms with Crippen LogP contribution in [0.4, 0.5) is 13.2 Å². The summed E-state index contributed by atoms with van der Waals surface area (Å²) in [5.74, 6) is 0.00573. The van der Waals surface area contributed by atoms with Gasteiger partial charge in [0.05, 0.1) is 28.8 Å². The first-order chi connectivity index (χ1) is 10.8. The Balaban J connectivity index is 2.30. The molecule has 2 aromatic carbocycles. The van der Waals surface area contributed by atoms with Crippen molar-refractivity contribution in [3.05, 3.63) is 64.7 Å². The molecular formula is C17H11F3N2O. The summed E-state index contributed by atoms with van der Waals surface area (Å²) in [6, 6.07) is 13.3. The van der Waals surface area contributed by atoms with Crippen LogP contribution >= 0.6 is 0 Å². The van der Waals surface area contributed by atoms with E-state index in [-0.39, 0.29) is 5.75 Å². The van der Waals surface area contributed by atoms with Gasteiger partial charge >= 0.3 is 6.18 Å². The third-order valence-electron chi connectivity index (χ3n) is 3.21. The molecule has 0 aliphatic rings. The summed E-state index contributed by atoms with van der Waals surface area (Å²) in [6.45, 7) is 1.67. The second kappa shape index (κ2) is 6.41. The van der Waals surface area contributed by atoms with Crippen LogP contribution in [0.3, 0.4) is 0 Å². The maximum Gasteiger partial charge on any atom is 0.417 e. The zero-order valence-corrected chi connectivity index (χ0v) is 12.1. The SMILES string of the molecule is CC(Oc1ccc(C#N)c(C(F)(F)F)c1)c1cccc(C#N)c1. The van der Waals surface area contributed by atoms with Gasteiger partial charge in [-0.25, -0.2) is 0 Å². The molecule has 3 nitrogen and oxygen atoms in total. The Morgan fingerprint density at radius 1 is 1.04 bits per heavy atom. The lowest BCUT2D eigenvalue weighted by molar-refractivity contribution is -0.137. The van der Waals surface area contributed by atoms with Crippen molar-refractivity contribution in [3.8, 4) is 17.9 Å². The molecule has 23 heavy (non-hydrogen) atoms. The minimum absolute atomic E-state index is 0.00573. The molecule has 0 heterocycles. The fourth-order valence-electron chi connectivity index (χ4n) is 2.06. The maximum absolute atomic E-state index is 12.9. The van der Waals surface area contributed by atoms with E-state index >= 15 is 0 Å². The van der Waals surface area contributed by atoms with E-state index < -0.39 is 23.4 Å². The number of benzene rings is 2. The second-order valence-electron chi connectivity index (χ2n) is 4.81. The van der Waals surface area contributed by atoms with Gasteiger partial charge in [-0.3, -0.25) is 0 Å². The number of hydrogen-bond donors (Lipinski definition) is 0. The molecule has 0 N–H and O–H groups in total. The zero-order chi connectivity index (χ0) is 17.0. The topological polar surface area (TPSA) is 56.8 Å². The van der Waals surface area contributed by atoms with E-state index in [1.165, 1.54) is 12.1 Å². The van der Waals surface area contributed by atoms with Gasteiger partial charge in [0.1, 0.15) is 11.9 Å². The minimum Gasteiger partial charge on any atom is -0.486 e. The van der Waals surface area contributed by atoms with Crippen LogP contribution in [0, 0.1) is 22.7 Å². The molecule has 1 unspecified atom stereocenters. The van der Waals surface area contributed by atoms with Crippen LogP contribution in [0.5, 0.6) is 5.75 Å². The van der Waals surface area contributed by atoms with Crippen molar-refractivity contribution in [2.45, 2.75) is 19.2 Å². The monoisotopic (exact) mass is 316 g/mol. The predicted octanol–water partition coefficient (Wildman–Crippen LogP) is 4.59. The van der Waals surface area contributed by atoms with Crippen LogP contribution in [0.15, 0.2) is 42.5 Å². The first-order valence-corrected chi connectivity index (χ1v) is 6.63. The van der Waals surface area contributed by atoms with E-state index in [0.717, 1.165) is 12.1 Å². The highest BCUT2D eigenvalue weighted by molar-refractivity contribution is 5.44. The standard InChI is InChI=1S/C17H11F3N2O/c1-11(13-4-2-3-12(7-13)9-21)23-15-6-5-14(10-22)16(8-15)17(18,19)20/h2-8,11H,1H3. The third-order valence-corrected chi connectivity index (χ3v) is 3.21. The Morgan fingerprint density at radius 3 is 2.39 bits per heavy atom. The molecule has 2 aromatic rings. The van der Waals surface area contributed by atoms with Crippen molar-refractivity contribution >= 4 is 0 Å². The third kappa shape index (κ3) is 3.81. The molecule has 0 aromatic heterocycles. The summed E-state index contributed by atoms with van der Waals surface area (Å²) >= 11 is 0. The summed E-state index contributed by atoms with van der Waals surface area (Å²) in [6.07, 6.45) is -5.17. The number of nitriles is 2. The highest BCUT2D eigenvalue weighted by Crippen LogP contribution is 2.35. The fraction of sp³-hybridized carbons (Fsp3) is 0.176. The predicted molar refractivity (Wildman–Crippen MR) is 76.4 cm³/mol. The molecule has 116 valence electrons. The van der Waals surface area contributed by atoms with E-state index in [4.69, 9.17) is 15.3 Å². The van der Waals surface area contributed by atoms with Gasteiger partial charge in [-0.1, -0.05) is 12.1 Å². The van der Waals surface area contributed by atoms with E-state index in [2.05, 4.69) is 0 Å². The Labute approximate surface area is 131 Å². The summed E-state index contributed by atoms with van der Waals surface area (Å²) in [4.78, 5) is 0. The lowest BCUT2D eigenvalue weighted by atomic mass is 10.1. The second-order valence-corrected chi connectivity index (χ2v) is 4.81. The Hall–Kier alpha value is -2.99. The number of nitrogens with zero attached hydrogens (tertiary/aromatic N) is 2. The normalized spacial score (nSPS) is 12.1. The van der Waals surface area contributed by atoms with Gasteiger partial charge < -0.3 is 4.74 Å². The van der Waals surface area contributed by atoms with Crippen LogP contribution in [-0.2, 0) is 6.18 Å². The number of rotatable bonds is 3. The van der Waals surface area contributed by atoms with Crippen molar-refractivity contribution in [2.24, 2.45) is 0 Å². The van der Waals surface area contributed by atoms with Crippen LogP contribution in [0.1, 0.15) is 35.3 Å². The van der Waals surface area contributed by atoms with Crippen molar-refractivity contribution in [1.29, 1.82) is 10.5 Å². The number of alkyl halides is 3. The lowest BCUT2D eigenvalue weighted by Crippen LogP contribution is -2.09. The van der Waals surface area contributed by atoms with Crippen LogP contribution < -0.4 is 4.74 Å². The van der Waals surface area contributed by atoms with Crippen LogP contribution in [0.25, 0.3) is 0 Å². The smallest absolute Gasteiger partial charge is 0.417 e. The first-order valence-electron chi connectivity index (χ1n) is 6.63. The summed E-state index contributed by atoms with van der Waals surface area (Å²) in [5.41, 5.74) is -0.379. The summed E-state index contributed by atoms with van der Waals surface area (Å²) in [7, 11) is 0. The van der Waals surface area contributed by atoms with Crippen molar-refractivity contribution in [2.75, 3.05) is 0 Å². The van der Waals surface area contributed by atoms with Gasteiger partial charge in [-0.05, 0) is 42.8 Å². The van der Waals surface area contributed by atoms with E-state index in [0.29, 0.717) is 11.1 Å². The van der Waals surface area contributed by atoms with Gasteiger partial charge in [0.15, 0.2) is 0 Å². The minimum atomic E-state index is -4.63. The van der Waals surface area contributed by atoms with Gasteiger partial charge in [-0.15, -0.1) is 0 Å². The lowest BCUT2D eigenvalue weighted by Gasteiger charge is -2.17. The molecule has 0 fully saturated rings. The average molecular weight is 316 g/mol. The zero-order valence-electron chi connectivity index (χ0n) is 12.1. The molecule has 0 bridgehead atoms. The number of hydrogen-bond acceptors (Lipinski definition) is 3. The van der Waals surface area contributed by atoms with E-state index in [1.54, 1.807) is 31.2 Å². The number of ether oxygens (including phenoxy) is 1. The highest BCUT2D eigenvalue weighted by atomic mass is 19.4. The molecule has 0 saturated carbocycles. The van der Waals surface area contributed by atoms with Gasteiger partial charge in [0.2, 0.25) is 0 Å². The molecule has 0 amide bonds. The van der Waals surface area contributed by atoms with Crippen molar-refractivity contribution in [3.63, 3.8) is 0 Å². The fourth-order valence-corrected chi connectivity index (χ4v) is 2.06. The molecule has 0 spiro atoms. The first kappa shape index (κ1) is 16.4. The Kier molecular flexibility index (Phi) is 4.57. The highest BCUT2D eigenvalue weighted by Gasteiger charge is 2.34. The Bertz CT molecular complexity index is 801. The maximum atomic E-state index is 12.9. The Morgan fingerprint density at radius 2 is 1.78 bits per heavy atom. The number of halogens is 3. The van der Waals surface area contributed by atoms with Gasteiger partial charge in [0.25, 0.3) is 0 Å². The summed E-state index contributed by atoms with van der Waals surface area (Å²) < 4.78 is 44.3. The van der Waals surface area contributed by atoms with Gasteiger partial charge in [-0.2, -0.15) is 23.7 Å². The molecule has 2 rings (SSSR count). The molecule has 0 saturated heterocycles. The van der Waals surface area contributed by atoms with Crippen LogP contribution in [0.2, 0.25) is 0 Å². The molecule has 1 atom stereocenters. The summed E-state index contributed by atoms with van der Waals surface area (Å²) in [5, 5.41) is 17.6. The molecule has 0 radical (unpaired) electrons.